The van der Waals surface area contributed by atoms with Gasteiger partial charge < -0.3 is 4.55 Å². The fraction of sp³-hybridized carbons (Fsp3) is 1.00. The van der Waals surface area contributed by atoms with E-state index in [9.17, 15) is 65.8 Å². The smallest absolute Gasteiger partial charge is 0.460 e. The topological polar surface area (TPSA) is 52.2 Å². The standard InChI is InChI=1S/C6H2F13NO2S/c7-1(8,2(9,10)5(14,15)16)4(13,20-23(21)22)3(11,12)6(17,18)19/h20H,(H,21,22)/p-1. The predicted octanol–water partition coefficient (Wildman–Crippen LogP) is 3.07. The van der Waals surface area contributed by atoms with Gasteiger partial charge >= 0.3 is 35.9 Å². The van der Waals surface area contributed by atoms with Gasteiger partial charge in [-0.25, -0.2) is 9.11 Å². The van der Waals surface area contributed by atoms with E-state index in [4.69, 9.17) is 0 Å². The second-order valence-corrected chi connectivity index (χ2v) is 4.39. The first-order valence-corrected chi connectivity index (χ1v) is 5.57. The lowest BCUT2D eigenvalue weighted by atomic mass is 9.94. The van der Waals surface area contributed by atoms with Crippen LogP contribution in [0.5, 0.6) is 0 Å². The molecule has 0 aliphatic heterocycles. The summed E-state index contributed by atoms with van der Waals surface area (Å²) in [5.41, 5.74) is 0. The molecule has 0 saturated heterocycles. The molecule has 17 heteroatoms. The number of nitrogens with one attached hydrogen (secondary N) is 1. The van der Waals surface area contributed by atoms with Crippen molar-refractivity contribution in [2.45, 2.75) is 35.9 Å². The van der Waals surface area contributed by atoms with E-state index in [0.717, 1.165) is 0 Å². The van der Waals surface area contributed by atoms with Crippen molar-refractivity contribution in [3.05, 3.63) is 0 Å². The molecule has 23 heavy (non-hydrogen) atoms. The SMILES string of the molecule is O=S([O-])NC(F)(C(F)(F)C(F)(F)F)C(F)(F)C(F)(F)C(F)(F)F. The van der Waals surface area contributed by atoms with Gasteiger partial charge in [0, 0.05) is 11.3 Å². The molecule has 140 valence electrons. The maximum atomic E-state index is 13.4. The highest BCUT2D eigenvalue weighted by molar-refractivity contribution is 7.77. The van der Waals surface area contributed by atoms with E-state index in [2.05, 4.69) is 0 Å². The van der Waals surface area contributed by atoms with Crippen LogP contribution in [-0.4, -0.2) is 44.7 Å². The molecule has 0 amide bonds. The van der Waals surface area contributed by atoms with Crippen LogP contribution in [0.3, 0.4) is 0 Å². The molecular formula is C6HF13NO2S-. The van der Waals surface area contributed by atoms with Gasteiger partial charge in [0.15, 0.2) is 0 Å². The molecule has 0 aliphatic rings. The van der Waals surface area contributed by atoms with E-state index in [-0.39, 0.29) is 0 Å². The van der Waals surface area contributed by atoms with E-state index in [1.807, 2.05) is 0 Å². The Balaban J connectivity index is 6.58. The first kappa shape index (κ1) is 22.2. The van der Waals surface area contributed by atoms with E-state index < -0.39 is 51.9 Å². The summed E-state index contributed by atoms with van der Waals surface area (Å²) >= 11 is -4.86. The highest BCUT2D eigenvalue weighted by Crippen LogP contribution is 2.58. The molecule has 0 aromatic heterocycles. The van der Waals surface area contributed by atoms with E-state index >= 15 is 0 Å². The van der Waals surface area contributed by atoms with Crippen LogP contribution in [0, 0.1) is 0 Å². The normalized spacial score (nSPS) is 19.4. The van der Waals surface area contributed by atoms with E-state index in [1.54, 1.807) is 0 Å². The zero-order chi connectivity index (χ0) is 19.3. The van der Waals surface area contributed by atoms with E-state index in [1.165, 1.54) is 0 Å². The Labute approximate surface area is 119 Å². The van der Waals surface area contributed by atoms with Crippen LogP contribution in [-0.2, 0) is 11.3 Å². The van der Waals surface area contributed by atoms with Gasteiger partial charge in [0.05, 0.1) is 0 Å². The number of halogens is 13. The molecule has 0 bridgehead atoms. The summed E-state index contributed by atoms with van der Waals surface area (Å²) in [6, 6.07) is 0. The summed E-state index contributed by atoms with van der Waals surface area (Å²) in [5.74, 6) is -30.7. The van der Waals surface area contributed by atoms with Crippen LogP contribution < -0.4 is 4.72 Å². The average Bonchev–Trinajstić information content (AvgIpc) is 2.23. The zero-order valence-corrected chi connectivity index (χ0v) is 10.5. The van der Waals surface area contributed by atoms with Gasteiger partial charge in [-0.1, -0.05) is 0 Å². The molecule has 0 heterocycles. The molecule has 0 aromatic carbocycles. The van der Waals surface area contributed by atoms with Crippen molar-refractivity contribution in [3.63, 3.8) is 0 Å². The van der Waals surface area contributed by atoms with Crippen molar-refractivity contribution in [1.82, 2.24) is 4.72 Å². The predicted molar refractivity (Wildman–Crippen MR) is 42.8 cm³/mol. The third-order valence-corrected chi connectivity index (χ3v) is 2.64. The van der Waals surface area contributed by atoms with Crippen molar-refractivity contribution in [1.29, 1.82) is 0 Å². The zero-order valence-electron chi connectivity index (χ0n) is 9.64. The van der Waals surface area contributed by atoms with Gasteiger partial charge in [-0.2, -0.15) is 52.7 Å². The maximum Gasteiger partial charge on any atom is 0.460 e. The van der Waals surface area contributed by atoms with Crippen molar-refractivity contribution in [2.75, 3.05) is 0 Å². The minimum Gasteiger partial charge on any atom is -0.760 e. The minimum absolute atomic E-state index is 0.928. The second-order valence-electron chi connectivity index (χ2n) is 3.71. The number of rotatable bonds is 5. The number of alkyl halides is 13. The van der Waals surface area contributed by atoms with Crippen LogP contribution in [0.2, 0.25) is 0 Å². The Morgan fingerprint density at radius 1 is 0.609 bits per heavy atom. The maximum absolute atomic E-state index is 13.4. The second kappa shape index (κ2) is 5.61. The van der Waals surface area contributed by atoms with Crippen LogP contribution in [0.15, 0.2) is 0 Å². The van der Waals surface area contributed by atoms with Crippen LogP contribution in [0.1, 0.15) is 0 Å². The van der Waals surface area contributed by atoms with Gasteiger partial charge in [0.25, 0.3) is 0 Å². The lowest BCUT2D eigenvalue weighted by Crippen LogP contribution is -2.76. The Morgan fingerprint density at radius 2 is 0.913 bits per heavy atom. The first-order chi connectivity index (χ1) is 9.67. The molecule has 2 atom stereocenters. The van der Waals surface area contributed by atoms with Gasteiger partial charge in [0.1, 0.15) is 0 Å². The Bertz CT molecular complexity index is 470. The highest BCUT2D eigenvalue weighted by atomic mass is 32.2. The highest BCUT2D eigenvalue weighted by Gasteiger charge is 2.90. The van der Waals surface area contributed by atoms with Crippen molar-refractivity contribution in [3.8, 4) is 0 Å². The van der Waals surface area contributed by atoms with Crippen LogP contribution in [0.25, 0.3) is 0 Å². The van der Waals surface area contributed by atoms with Gasteiger partial charge in [-0.05, 0) is 0 Å². The Morgan fingerprint density at radius 3 is 1.13 bits per heavy atom. The van der Waals surface area contributed by atoms with Gasteiger partial charge in [0.2, 0.25) is 0 Å². The molecule has 0 fully saturated rings. The van der Waals surface area contributed by atoms with Crippen molar-refractivity contribution < 1.29 is 65.8 Å². The molecule has 2 unspecified atom stereocenters. The summed E-state index contributed by atoms with van der Waals surface area (Å²) in [4.78, 5) is 0. The molecule has 0 radical (unpaired) electrons. The van der Waals surface area contributed by atoms with Gasteiger partial charge in [-0.15, -0.1) is 0 Å². The molecule has 0 aromatic rings. The molecule has 0 spiro atoms. The first-order valence-electron chi connectivity index (χ1n) is 4.49. The largest absolute Gasteiger partial charge is 0.760 e. The quantitative estimate of drug-likeness (QED) is 0.440. The minimum atomic E-state index is -7.89. The van der Waals surface area contributed by atoms with Crippen molar-refractivity contribution >= 4 is 11.3 Å². The third-order valence-electron chi connectivity index (χ3n) is 2.20. The van der Waals surface area contributed by atoms with Crippen LogP contribution in [0.4, 0.5) is 57.1 Å². The lowest BCUT2D eigenvalue weighted by Gasteiger charge is -2.42. The molecule has 0 rings (SSSR count). The molecule has 1 N–H and O–H groups in total. The fourth-order valence-corrected chi connectivity index (χ4v) is 1.52. The summed E-state index contributed by atoms with van der Waals surface area (Å²) in [5, 5.41) is 0. The van der Waals surface area contributed by atoms with Gasteiger partial charge in [-0.3, -0.25) is 4.21 Å². The summed E-state index contributed by atoms with van der Waals surface area (Å²) in [7, 11) is 0. The molecule has 0 aliphatic carbocycles. The lowest BCUT2D eigenvalue weighted by molar-refractivity contribution is -0.427. The number of hydrogen-bond acceptors (Lipinski definition) is 2. The van der Waals surface area contributed by atoms with Crippen LogP contribution >= 0.6 is 0 Å². The molecule has 3 nitrogen and oxygen atoms in total. The fourth-order valence-electron chi connectivity index (χ4n) is 1.03. The van der Waals surface area contributed by atoms with E-state index in [0.29, 0.717) is 0 Å². The Hall–Kier alpha value is -0.840. The summed E-state index contributed by atoms with van der Waals surface area (Å²) in [6.45, 7) is 0. The molecular weight excluding hydrogens is 397 g/mol. The third kappa shape index (κ3) is 3.21. The van der Waals surface area contributed by atoms with Crippen molar-refractivity contribution in [2.24, 2.45) is 0 Å². The summed E-state index contributed by atoms with van der Waals surface area (Å²) in [6.07, 6.45) is -15.0. The number of hydrogen-bond donors (Lipinski definition) is 1. The average molecular weight is 398 g/mol. The Kier molecular flexibility index (Phi) is 5.40. The summed E-state index contributed by atoms with van der Waals surface area (Å²) < 4.78 is 180. The molecule has 0 saturated carbocycles. The monoisotopic (exact) mass is 398 g/mol.